The molecule has 4 rings (SSSR count). The summed E-state index contributed by atoms with van der Waals surface area (Å²) in [5.41, 5.74) is 10.3. The number of aryl methyl sites for hydroxylation is 1. The second-order valence-electron chi connectivity index (χ2n) is 6.39. The van der Waals surface area contributed by atoms with Gasteiger partial charge in [0.15, 0.2) is 0 Å². The van der Waals surface area contributed by atoms with Gasteiger partial charge in [0.25, 0.3) is 0 Å². The number of imidazole rings is 1. The van der Waals surface area contributed by atoms with Crippen molar-refractivity contribution in [1.82, 2.24) is 14.5 Å². The first-order valence-corrected chi connectivity index (χ1v) is 8.22. The number of anilines is 1. The van der Waals surface area contributed by atoms with E-state index in [1.165, 1.54) is 29.7 Å². The molecule has 1 aromatic heterocycles. The number of aromatic nitrogens is 2. The molecule has 2 N–H and O–H groups in total. The molecule has 2 aromatic carbocycles. The normalized spacial score (nSPS) is 18.7. The highest BCUT2D eigenvalue weighted by molar-refractivity contribution is 5.75. The molecule has 0 bridgehead atoms. The Labute approximate surface area is 136 Å². The van der Waals surface area contributed by atoms with Crippen LogP contribution < -0.4 is 5.73 Å². The number of nitrogens with zero attached hydrogens (tertiary/aromatic N) is 3. The number of para-hydroxylation sites is 2. The molecule has 3 aromatic rings. The van der Waals surface area contributed by atoms with Crippen molar-refractivity contribution in [2.24, 2.45) is 7.05 Å². The fraction of sp³-hybridized carbons (Fsp3) is 0.316. The molecule has 118 valence electrons. The molecule has 1 atom stereocenters. The summed E-state index contributed by atoms with van der Waals surface area (Å²) in [6.07, 6.45) is 2.38. The molecule has 1 aliphatic rings. The maximum atomic E-state index is 5.92. The molecule has 1 unspecified atom stereocenters. The van der Waals surface area contributed by atoms with Gasteiger partial charge in [0, 0.05) is 19.3 Å². The van der Waals surface area contributed by atoms with E-state index in [0.717, 1.165) is 24.3 Å². The summed E-state index contributed by atoms with van der Waals surface area (Å²) in [5.74, 6) is 1.17. The van der Waals surface area contributed by atoms with Gasteiger partial charge in [0.05, 0.1) is 17.1 Å². The minimum Gasteiger partial charge on any atom is -0.399 e. The van der Waals surface area contributed by atoms with Gasteiger partial charge in [0.2, 0.25) is 0 Å². The van der Waals surface area contributed by atoms with Crippen LogP contribution in [0.2, 0.25) is 0 Å². The van der Waals surface area contributed by atoms with Crippen LogP contribution in [0.5, 0.6) is 0 Å². The van der Waals surface area contributed by atoms with Crippen molar-refractivity contribution in [3.05, 3.63) is 59.9 Å². The van der Waals surface area contributed by atoms with Crippen molar-refractivity contribution in [3.8, 4) is 0 Å². The predicted octanol–water partition coefficient (Wildman–Crippen LogP) is 3.49. The smallest absolute Gasteiger partial charge is 0.127 e. The van der Waals surface area contributed by atoms with E-state index >= 15 is 0 Å². The summed E-state index contributed by atoms with van der Waals surface area (Å²) >= 11 is 0. The first-order valence-electron chi connectivity index (χ1n) is 8.22. The molecule has 0 saturated carbocycles. The molecule has 23 heavy (non-hydrogen) atoms. The van der Waals surface area contributed by atoms with Gasteiger partial charge < -0.3 is 10.3 Å². The van der Waals surface area contributed by atoms with Gasteiger partial charge in [-0.05, 0) is 49.2 Å². The number of hydrogen-bond donors (Lipinski definition) is 1. The monoisotopic (exact) mass is 306 g/mol. The summed E-state index contributed by atoms with van der Waals surface area (Å²) in [4.78, 5) is 7.42. The lowest BCUT2D eigenvalue weighted by atomic mass is 10.1. The predicted molar refractivity (Wildman–Crippen MR) is 94.0 cm³/mol. The average molecular weight is 306 g/mol. The molecule has 2 heterocycles. The van der Waals surface area contributed by atoms with Crippen molar-refractivity contribution < 1.29 is 0 Å². The van der Waals surface area contributed by atoms with E-state index in [1.54, 1.807) is 0 Å². The maximum absolute atomic E-state index is 5.92. The topological polar surface area (TPSA) is 47.1 Å². The Bertz CT molecular complexity index is 836. The number of rotatable bonds is 3. The molecular weight excluding hydrogens is 284 g/mol. The van der Waals surface area contributed by atoms with Crippen LogP contribution >= 0.6 is 0 Å². The van der Waals surface area contributed by atoms with E-state index < -0.39 is 0 Å². The summed E-state index contributed by atoms with van der Waals surface area (Å²) in [6.45, 7) is 2.04. The van der Waals surface area contributed by atoms with Crippen molar-refractivity contribution in [2.75, 3.05) is 12.3 Å². The lowest BCUT2D eigenvalue weighted by Crippen LogP contribution is -2.24. The molecule has 0 spiro atoms. The third kappa shape index (κ3) is 2.59. The summed E-state index contributed by atoms with van der Waals surface area (Å²) in [5, 5.41) is 0. The average Bonchev–Trinajstić information content (AvgIpc) is 3.12. The molecule has 4 nitrogen and oxygen atoms in total. The van der Waals surface area contributed by atoms with Gasteiger partial charge in [-0.2, -0.15) is 0 Å². The lowest BCUT2D eigenvalue weighted by molar-refractivity contribution is 0.237. The van der Waals surface area contributed by atoms with E-state index in [2.05, 4.69) is 52.9 Å². The highest BCUT2D eigenvalue weighted by Gasteiger charge is 2.29. The third-order valence-electron chi connectivity index (χ3n) is 4.82. The van der Waals surface area contributed by atoms with Crippen LogP contribution in [0, 0.1) is 0 Å². The van der Waals surface area contributed by atoms with Crippen molar-refractivity contribution in [3.63, 3.8) is 0 Å². The van der Waals surface area contributed by atoms with E-state index in [4.69, 9.17) is 10.7 Å². The molecule has 0 amide bonds. The second-order valence-corrected chi connectivity index (χ2v) is 6.39. The Balaban J connectivity index is 1.65. The van der Waals surface area contributed by atoms with Crippen LogP contribution in [-0.4, -0.2) is 21.0 Å². The summed E-state index contributed by atoms with van der Waals surface area (Å²) in [6, 6.07) is 16.9. The summed E-state index contributed by atoms with van der Waals surface area (Å²) in [7, 11) is 2.13. The quantitative estimate of drug-likeness (QED) is 0.753. The fourth-order valence-corrected chi connectivity index (χ4v) is 3.70. The lowest BCUT2D eigenvalue weighted by Gasteiger charge is -2.24. The minimum absolute atomic E-state index is 0.383. The van der Waals surface area contributed by atoms with Crippen molar-refractivity contribution in [2.45, 2.75) is 25.4 Å². The van der Waals surface area contributed by atoms with Gasteiger partial charge in [-0.25, -0.2) is 4.98 Å². The summed E-state index contributed by atoms with van der Waals surface area (Å²) < 4.78 is 2.25. The fourth-order valence-electron chi connectivity index (χ4n) is 3.70. The van der Waals surface area contributed by atoms with Gasteiger partial charge in [0.1, 0.15) is 5.82 Å². The second kappa shape index (κ2) is 5.70. The molecule has 1 fully saturated rings. The third-order valence-corrected chi connectivity index (χ3v) is 4.82. The standard InChI is InChI=1S/C19H22N4/c1-22-17-9-3-2-8-16(17)21-19(22)18-10-5-11-23(18)13-14-6-4-7-15(20)12-14/h2-4,6-9,12,18H,5,10-11,13,20H2,1H3. The van der Waals surface area contributed by atoms with Gasteiger partial charge >= 0.3 is 0 Å². The Morgan fingerprint density at radius 2 is 2.04 bits per heavy atom. The van der Waals surface area contributed by atoms with E-state index in [1.807, 2.05) is 12.1 Å². The minimum atomic E-state index is 0.383. The molecule has 4 heteroatoms. The molecule has 0 radical (unpaired) electrons. The Kier molecular flexibility index (Phi) is 3.54. The van der Waals surface area contributed by atoms with Crippen LogP contribution in [0.15, 0.2) is 48.5 Å². The van der Waals surface area contributed by atoms with Gasteiger partial charge in [-0.3, -0.25) is 4.90 Å². The van der Waals surface area contributed by atoms with Crippen molar-refractivity contribution >= 4 is 16.7 Å². The molecule has 0 aliphatic carbocycles. The largest absolute Gasteiger partial charge is 0.399 e. The maximum Gasteiger partial charge on any atom is 0.127 e. The first kappa shape index (κ1) is 14.3. The Morgan fingerprint density at radius 3 is 2.87 bits per heavy atom. The van der Waals surface area contributed by atoms with E-state index in [-0.39, 0.29) is 0 Å². The van der Waals surface area contributed by atoms with Crippen LogP contribution in [0.25, 0.3) is 11.0 Å². The van der Waals surface area contributed by atoms with Crippen LogP contribution in [-0.2, 0) is 13.6 Å². The van der Waals surface area contributed by atoms with Gasteiger partial charge in [-0.1, -0.05) is 24.3 Å². The highest BCUT2D eigenvalue weighted by atomic mass is 15.2. The molecular formula is C19H22N4. The zero-order valence-corrected chi connectivity index (χ0v) is 13.4. The van der Waals surface area contributed by atoms with Crippen LogP contribution in [0.4, 0.5) is 5.69 Å². The first-order chi connectivity index (χ1) is 11.2. The Morgan fingerprint density at radius 1 is 1.17 bits per heavy atom. The van der Waals surface area contributed by atoms with Crippen LogP contribution in [0.3, 0.4) is 0 Å². The zero-order valence-electron chi connectivity index (χ0n) is 13.4. The molecule has 1 saturated heterocycles. The van der Waals surface area contributed by atoms with E-state index in [0.29, 0.717) is 6.04 Å². The number of nitrogens with two attached hydrogens (primary N) is 1. The van der Waals surface area contributed by atoms with Gasteiger partial charge in [-0.15, -0.1) is 0 Å². The Hall–Kier alpha value is -2.33. The number of benzene rings is 2. The number of hydrogen-bond acceptors (Lipinski definition) is 3. The van der Waals surface area contributed by atoms with E-state index in [9.17, 15) is 0 Å². The number of fused-ring (bicyclic) bond motifs is 1. The van der Waals surface area contributed by atoms with Crippen LogP contribution in [0.1, 0.15) is 30.3 Å². The highest BCUT2D eigenvalue weighted by Crippen LogP contribution is 2.34. The SMILES string of the molecule is Cn1c(C2CCCN2Cc2cccc(N)c2)nc2ccccc21. The molecule has 1 aliphatic heterocycles. The zero-order chi connectivity index (χ0) is 15.8. The number of likely N-dealkylation sites (tertiary alicyclic amines) is 1. The number of nitrogen functional groups attached to an aromatic ring is 1. The van der Waals surface area contributed by atoms with Crippen molar-refractivity contribution in [1.29, 1.82) is 0 Å².